The van der Waals surface area contributed by atoms with Crippen LogP contribution in [0.5, 0.6) is 0 Å². The van der Waals surface area contributed by atoms with Gasteiger partial charge in [0.15, 0.2) is 0 Å². The molecule has 0 aromatic rings. The van der Waals surface area contributed by atoms with Gasteiger partial charge in [-0.3, -0.25) is 0 Å². The molecule has 2 nitrogen and oxygen atoms in total. The van der Waals surface area contributed by atoms with Crippen LogP contribution in [0, 0.1) is 11.8 Å². The Kier molecular flexibility index (Phi) is 6.37. The molecule has 16 heavy (non-hydrogen) atoms. The van der Waals surface area contributed by atoms with E-state index in [0.29, 0.717) is 12.1 Å². The summed E-state index contributed by atoms with van der Waals surface area (Å²) >= 11 is 0. The highest BCUT2D eigenvalue weighted by Crippen LogP contribution is 2.27. The fourth-order valence-corrected chi connectivity index (χ4v) is 2.59. The normalized spacial score (nSPS) is 27.6. The molecule has 0 aliphatic carbocycles. The molecular weight excluding hydrogens is 198 g/mol. The van der Waals surface area contributed by atoms with Crippen molar-refractivity contribution in [2.45, 2.75) is 65.5 Å². The summed E-state index contributed by atoms with van der Waals surface area (Å²) in [7, 11) is 0. The third-order valence-electron chi connectivity index (χ3n) is 3.66. The number of nitrogens with one attached hydrogen (secondary N) is 1. The van der Waals surface area contributed by atoms with Crippen LogP contribution in [0.4, 0.5) is 0 Å². The topological polar surface area (TPSA) is 21.3 Å². The zero-order valence-corrected chi connectivity index (χ0v) is 11.5. The maximum Gasteiger partial charge on any atom is 0.0590 e. The molecular formula is C14H29NO. The molecule has 1 aliphatic heterocycles. The maximum absolute atomic E-state index is 5.69. The molecule has 1 saturated heterocycles. The summed E-state index contributed by atoms with van der Waals surface area (Å²) in [6, 6.07) is 0.667. The summed E-state index contributed by atoms with van der Waals surface area (Å²) < 4.78 is 5.69. The molecule has 1 fully saturated rings. The van der Waals surface area contributed by atoms with Gasteiger partial charge in [-0.15, -0.1) is 0 Å². The summed E-state index contributed by atoms with van der Waals surface area (Å²) in [5, 5.41) is 3.72. The second-order valence-electron chi connectivity index (χ2n) is 5.56. The Bertz CT molecular complexity index is 182. The van der Waals surface area contributed by atoms with Crippen LogP contribution >= 0.6 is 0 Å². The van der Waals surface area contributed by atoms with Gasteiger partial charge < -0.3 is 10.1 Å². The monoisotopic (exact) mass is 227 g/mol. The van der Waals surface area contributed by atoms with E-state index in [-0.39, 0.29) is 0 Å². The molecule has 0 aromatic carbocycles. The van der Waals surface area contributed by atoms with Gasteiger partial charge in [-0.25, -0.2) is 0 Å². The van der Waals surface area contributed by atoms with E-state index in [4.69, 9.17) is 4.74 Å². The highest BCUT2D eigenvalue weighted by atomic mass is 16.5. The smallest absolute Gasteiger partial charge is 0.0590 e. The van der Waals surface area contributed by atoms with Crippen LogP contribution in [0.15, 0.2) is 0 Å². The summed E-state index contributed by atoms with van der Waals surface area (Å²) in [5.74, 6) is 1.54. The highest BCUT2D eigenvalue weighted by molar-refractivity contribution is 4.84. The first-order valence-electron chi connectivity index (χ1n) is 7.00. The third kappa shape index (κ3) is 4.42. The molecule has 1 aliphatic rings. The number of hydrogen-bond acceptors (Lipinski definition) is 2. The predicted octanol–water partition coefficient (Wildman–Crippen LogP) is 3.22. The fraction of sp³-hybridized carbons (Fsp3) is 1.00. The Morgan fingerprint density at radius 3 is 2.56 bits per heavy atom. The minimum Gasteiger partial charge on any atom is -0.378 e. The molecule has 0 bridgehead atoms. The van der Waals surface area contributed by atoms with Crippen molar-refractivity contribution in [3.63, 3.8) is 0 Å². The molecule has 1 rings (SSSR count). The van der Waals surface area contributed by atoms with E-state index in [9.17, 15) is 0 Å². The Morgan fingerprint density at radius 2 is 2.06 bits per heavy atom. The molecule has 2 heteroatoms. The Morgan fingerprint density at radius 1 is 1.31 bits per heavy atom. The van der Waals surface area contributed by atoms with Gasteiger partial charge in [-0.2, -0.15) is 0 Å². The predicted molar refractivity (Wildman–Crippen MR) is 69.7 cm³/mol. The van der Waals surface area contributed by atoms with Gasteiger partial charge in [0, 0.05) is 18.6 Å². The molecule has 1 heterocycles. The molecule has 0 saturated carbocycles. The van der Waals surface area contributed by atoms with Crippen LogP contribution in [0.1, 0.15) is 53.4 Å². The minimum absolute atomic E-state index is 0.446. The summed E-state index contributed by atoms with van der Waals surface area (Å²) in [6.45, 7) is 11.2. The van der Waals surface area contributed by atoms with Crippen molar-refractivity contribution in [2.24, 2.45) is 11.8 Å². The van der Waals surface area contributed by atoms with Gasteiger partial charge in [0.2, 0.25) is 0 Å². The van der Waals surface area contributed by atoms with E-state index in [1.165, 1.54) is 25.7 Å². The van der Waals surface area contributed by atoms with Crippen molar-refractivity contribution in [1.29, 1.82) is 0 Å². The van der Waals surface area contributed by atoms with Gasteiger partial charge >= 0.3 is 0 Å². The van der Waals surface area contributed by atoms with Gasteiger partial charge in [-0.05, 0) is 45.1 Å². The quantitative estimate of drug-likeness (QED) is 0.721. The van der Waals surface area contributed by atoms with Crippen LogP contribution in [0.25, 0.3) is 0 Å². The van der Waals surface area contributed by atoms with Gasteiger partial charge in [0.25, 0.3) is 0 Å². The average Bonchev–Trinajstić information content (AvgIpc) is 2.65. The van der Waals surface area contributed by atoms with E-state index in [2.05, 4.69) is 33.0 Å². The molecule has 3 unspecified atom stereocenters. The second-order valence-corrected chi connectivity index (χ2v) is 5.56. The number of hydrogen-bond donors (Lipinski definition) is 1. The van der Waals surface area contributed by atoms with Crippen LogP contribution in [-0.2, 0) is 4.74 Å². The first-order chi connectivity index (χ1) is 7.65. The van der Waals surface area contributed by atoms with E-state index in [1.807, 2.05) is 0 Å². The van der Waals surface area contributed by atoms with Crippen LogP contribution in [-0.4, -0.2) is 25.3 Å². The SMILES string of the molecule is CCCNC(CCC(C)C)C1CCOC1C. The summed E-state index contributed by atoms with van der Waals surface area (Å²) in [5.41, 5.74) is 0. The van der Waals surface area contributed by atoms with Crippen molar-refractivity contribution in [3.8, 4) is 0 Å². The van der Waals surface area contributed by atoms with Crippen molar-refractivity contribution in [1.82, 2.24) is 5.32 Å². The van der Waals surface area contributed by atoms with Gasteiger partial charge in [0.05, 0.1) is 6.10 Å². The zero-order chi connectivity index (χ0) is 12.0. The van der Waals surface area contributed by atoms with Crippen molar-refractivity contribution in [2.75, 3.05) is 13.2 Å². The van der Waals surface area contributed by atoms with Crippen molar-refractivity contribution in [3.05, 3.63) is 0 Å². The largest absolute Gasteiger partial charge is 0.378 e. The van der Waals surface area contributed by atoms with Crippen molar-refractivity contribution >= 4 is 0 Å². The van der Waals surface area contributed by atoms with E-state index >= 15 is 0 Å². The first-order valence-corrected chi connectivity index (χ1v) is 7.00. The van der Waals surface area contributed by atoms with Gasteiger partial charge in [-0.1, -0.05) is 20.8 Å². The number of ether oxygens (including phenoxy) is 1. The molecule has 3 atom stereocenters. The van der Waals surface area contributed by atoms with Crippen LogP contribution in [0.3, 0.4) is 0 Å². The summed E-state index contributed by atoms with van der Waals surface area (Å²) in [4.78, 5) is 0. The van der Waals surface area contributed by atoms with E-state index < -0.39 is 0 Å². The second kappa shape index (κ2) is 7.29. The molecule has 96 valence electrons. The zero-order valence-electron chi connectivity index (χ0n) is 11.5. The lowest BCUT2D eigenvalue weighted by atomic mass is 9.88. The maximum atomic E-state index is 5.69. The lowest BCUT2D eigenvalue weighted by Crippen LogP contribution is -2.39. The van der Waals surface area contributed by atoms with Gasteiger partial charge in [0.1, 0.15) is 0 Å². The molecule has 0 aromatic heterocycles. The molecule has 0 amide bonds. The average molecular weight is 227 g/mol. The molecule has 1 N–H and O–H groups in total. The standard InChI is InChI=1S/C14H29NO/c1-5-9-15-14(7-6-11(2)3)13-8-10-16-12(13)4/h11-15H,5-10H2,1-4H3. The highest BCUT2D eigenvalue weighted by Gasteiger charge is 2.31. The third-order valence-corrected chi connectivity index (χ3v) is 3.66. The fourth-order valence-electron chi connectivity index (χ4n) is 2.59. The van der Waals surface area contributed by atoms with E-state index in [1.54, 1.807) is 0 Å². The van der Waals surface area contributed by atoms with Crippen LogP contribution < -0.4 is 5.32 Å². The number of rotatable bonds is 7. The molecule has 0 spiro atoms. The Balaban J connectivity index is 2.41. The van der Waals surface area contributed by atoms with E-state index in [0.717, 1.165) is 25.0 Å². The summed E-state index contributed by atoms with van der Waals surface area (Å²) in [6.07, 6.45) is 5.53. The van der Waals surface area contributed by atoms with Crippen molar-refractivity contribution < 1.29 is 4.74 Å². The lowest BCUT2D eigenvalue weighted by Gasteiger charge is -2.27. The van der Waals surface area contributed by atoms with Crippen LogP contribution in [0.2, 0.25) is 0 Å². The minimum atomic E-state index is 0.446. The first kappa shape index (κ1) is 14.0. The molecule has 0 radical (unpaired) electrons. The lowest BCUT2D eigenvalue weighted by molar-refractivity contribution is 0.0935. The Labute approximate surface area is 101 Å². The Hall–Kier alpha value is -0.0800.